The fourth-order valence-electron chi connectivity index (χ4n) is 3.87. The van der Waals surface area contributed by atoms with E-state index in [1.54, 1.807) is 0 Å². The molecule has 2 heterocycles. The van der Waals surface area contributed by atoms with Gasteiger partial charge in [0.25, 0.3) is 5.91 Å². The van der Waals surface area contributed by atoms with Crippen LogP contribution in [0, 0.1) is 0 Å². The highest BCUT2D eigenvalue weighted by molar-refractivity contribution is 6.74. The number of carbonyl (C=O) groups is 1. The van der Waals surface area contributed by atoms with Gasteiger partial charge in [0.1, 0.15) is 0 Å². The molecule has 0 radical (unpaired) electrons. The lowest BCUT2D eigenvalue weighted by Crippen LogP contribution is -2.50. The molecule has 4 nitrogen and oxygen atoms in total. The van der Waals surface area contributed by atoms with Crippen LogP contribution in [0.1, 0.15) is 45.6 Å². The van der Waals surface area contributed by atoms with Crippen LogP contribution in [0.3, 0.4) is 0 Å². The zero-order valence-electron chi connectivity index (χ0n) is 17.4. The molecule has 3 rings (SSSR count). The molecular formula is C22H34N2O2Si. The number of amides is 1. The summed E-state index contributed by atoms with van der Waals surface area (Å²) in [6, 6.07) is 10.7. The summed E-state index contributed by atoms with van der Waals surface area (Å²) in [5.74, 6) is 0.0125. The molecule has 2 aliphatic heterocycles. The standard InChI is InChI=1S/C22H34N2O2Si/c1-22(2,3)27(4,5)26-15-19-12-11-18-14-17(20(23)21(25)24(18)19)13-16-9-7-6-8-10-16/h6-10,18-19H,11-15,23H2,1-5H3/t18-,19-/m0/s1. The first-order chi connectivity index (χ1) is 12.6. The van der Waals surface area contributed by atoms with Gasteiger partial charge in [0.15, 0.2) is 8.32 Å². The molecule has 0 bridgehead atoms. The van der Waals surface area contributed by atoms with Crippen LogP contribution in [0.25, 0.3) is 0 Å². The van der Waals surface area contributed by atoms with Gasteiger partial charge in [0.2, 0.25) is 0 Å². The third-order valence-corrected chi connectivity index (χ3v) is 11.2. The summed E-state index contributed by atoms with van der Waals surface area (Å²) in [5, 5.41) is 0.179. The predicted molar refractivity (Wildman–Crippen MR) is 113 cm³/mol. The average molecular weight is 387 g/mol. The van der Waals surface area contributed by atoms with Crippen LogP contribution >= 0.6 is 0 Å². The summed E-state index contributed by atoms with van der Waals surface area (Å²) in [4.78, 5) is 15.1. The molecule has 2 atom stereocenters. The smallest absolute Gasteiger partial charge is 0.270 e. The second kappa shape index (κ2) is 7.44. The second-order valence-electron chi connectivity index (χ2n) is 9.55. The second-order valence-corrected chi connectivity index (χ2v) is 14.4. The van der Waals surface area contributed by atoms with Gasteiger partial charge in [-0.2, -0.15) is 0 Å². The number of rotatable bonds is 5. The van der Waals surface area contributed by atoms with E-state index in [-0.39, 0.29) is 23.0 Å². The summed E-state index contributed by atoms with van der Waals surface area (Å²) in [5.41, 5.74) is 9.06. The molecular weight excluding hydrogens is 352 g/mol. The van der Waals surface area contributed by atoms with E-state index < -0.39 is 8.32 Å². The van der Waals surface area contributed by atoms with Crippen molar-refractivity contribution < 1.29 is 9.22 Å². The van der Waals surface area contributed by atoms with Gasteiger partial charge < -0.3 is 15.1 Å². The summed E-state index contributed by atoms with van der Waals surface area (Å²) in [6.07, 6.45) is 3.72. The van der Waals surface area contributed by atoms with Gasteiger partial charge in [0.05, 0.1) is 18.3 Å². The van der Waals surface area contributed by atoms with Gasteiger partial charge in [-0.15, -0.1) is 0 Å². The topological polar surface area (TPSA) is 55.6 Å². The molecule has 1 fully saturated rings. The Bertz CT molecular complexity index is 722. The van der Waals surface area contributed by atoms with Crippen molar-refractivity contribution in [1.82, 2.24) is 4.90 Å². The van der Waals surface area contributed by atoms with E-state index in [4.69, 9.17) is 10.2 Å². The Labute approximate surface area is 164 Å². The Morgan fingerprint density at radius 3 is 2.48 bits per heavy atom. The van der Waals surface area contributed by atoms with Crippen LogP contribution < -0.4 is 5.73 Å². The normalized spacial score (nSPS) is 23.7. The van der Waals surface area contributed by atoms with E-state index in [1.807, 2.05) is 23.1 Å². The molecule has 0 saturated carbocycles. The highest BCUT2D eigenvalue weighted by Crippen LogP contribution is 2.39. The fourth-order valence-corrected chi connectivity index (χ4v) is 4.91. The SMILES string of the molecule is CC(C)(C)[Si](C)(C)OC[C@@H]1CC[C@H]2CC(Cc3ccccc3)=C(N)C(=O)N12. The maximum Gasteiger partial charge on any atom is 0.270 e. The highest BCUT2D eigenvalue weighted by atomic mass is 28.4. The van der Waals surface area contributed by atoms with Gasteiger partial charge in [-0.05, 0) is 55.0 Å². The van der Waals surface area contributed by atoms with Crippen LogP contribution in [-0.2, 0) is 15.6 Å². The quantitative estimate of drug-likeness (QED) is 0.771. The minimum absolute atomic E-state index is 0.0125. The Morgan fingerprint density at radius 2 is 1.85 bits per heavy atom. The molecule has 0 aromatic heterocycles. The summed E-state index contributed by atoms with van der Waals surface area (Å²) >= 11 is 0. The van der Waals surface area contributed by atoms with Crippen molar-refractivity contribution in [3.63, 3.8) is 0 Å². The van der Waals surface area contributed by atoms with Gasteiger partial charge in [-0.3, -0.25) is 4.79 Å². The highest BCUT2D eigenvalue weighted by Gasteiger charge is 2.44. The van der Waals surface area contributed by atoms with Crippen molar-refractivity contribution >= 4 is 14.2 Å². The lowest BCUT2D eigenvalue weighted by Gasteiger charge is -2.40. The van der Waals surface area contributed by atoms with Crippen molar-refractivity contribution in [1.29, 1.82) is 0 Å². The number of benzene rings is 1. The molecule has 1 aromatic carbocycles. The van der Waals surface area contributed by atoms with Crippen LogP contribution in [-0.4, -0.2) is 37.8 Å². The monoisotopic (exact) mass is 386 g/mol. The Hall–Kier alpha value is -1.59. The summed E-state index contributed by atoms with van der Waals surface area (Å²) in [7, 11) is -1.81. The van der Waals surface area contributed by atoms with Crippen molar-refractivity contribution in [3.8, 4) is 0 Å². The molecule has 0 spiro atoms. The summed E-state index contributed by atoms with van der Waals surface area (Å²) in [6.45, 7) is 11.9. The van der Waals surface area contributed by atoms with E-state index >= 15 is 0 Å². The minimum atomic E-state index is -1.81. The van der Waals surface area contributed by atoms with Crippen molar-refractivity contribution in [2.45, 2.75) is 76.7 Å². The zero-order valence-corrected chi connectivity index (χ0v) is 18.4. The van der Waals surface area contributed by atoms with E-state index in [0.717, 1.165) is 31.3 Å². The average Bonchev–Trinajstić information content (AvgIpc) is 3.00. The molecule has 1 aromatic rings. The van der Waals surface area contributed by atoms with Crippen LogP contribution in [0.5, 0.6) is 0 Å². The molecule has 0 unspecified atom stereocenters. The zero-order chi connectivity index (χ0) is 19.8. The van der Waals surface area contributed by atoms with Gasteiger partial charge in [0, 0.05) is 6.04 Å². The number of fused-ring (bicyclic) bond motifs is 1. The first-order valence-corrected chi connectivity index (χ1v) is 13.0. The van der Waals surface area contributed by atoms with E-state index in [1.165, 1.54) is 5.56 Å². The Morgan fingerprint density at radius 1 is 1.19 bits per heavy atom. The molecule has 0 aliphatic carbocycles. The number of carbonyl (C=O) groups excluding carboxylic acids is 1. The molecule has 148 valence electrons. The number of hydrogen-bond acceptors (Lipinski definition) is 3. The Kier molecular flexibility index (Phi) is 5.55. The first kappa shape index (κ1) is 20.1. The lowest BCUT2D eigenvalue weighted by atomic mass is 9.92. The molecule has 1 saturated heterocycles. The Balaban J connectivity index is 1.71. The van der Waals surface area contributed by atoms with E-state index in [0.29, 0.717) is 12.3 Å². The van der Waals surface area contributed by atoms with E-state index in [2.05, 4.69) is 46.0 Å². The molecule has 1 amide bonds. The van der Waals surface area contributed by atoms with Crippen LogP contribution in [0.2, 0.25) is 18.1 Å². The maximum atomic E-state index is 13.0. The number of hydrogen-bond donors (Lipinski definition) is 1. The molecule has 2 aliphatic rings. The van der Waals surface area contributed by atoms with Crippen LogP contribution in [0.4, 0.5) is 0 Å². The minimum Gasteiger partial charge on any atom is -0.415 e. The fraction of sp³-hybridized carbons (Fsp3) is 0.591. The molecule has 2 N–H and O–H groups in total. The largest absolute Gasteiger partial charge is 0.415 e. The van der Waals surface area contributed by atoms with Gasteiger partial charge in [-0.1, -0.05) is 51.1 Å². The van der Waals surface area contributed by atoms with Crippen molar-refractivity contribution in [2.24, 2.45) is 5.73 Å². The first-order valence-electron chi connectivity index (χ1n) is 10.1. The molecule has 27 heavy (non-hydrogen) atoms. The maximum absolute atomic E-state index is 13.0. The predicted octanol–water partition coefficient (Wildman–Crippen LogP) is 4.23. The number of nitrogens with zero attached hydrogens (tertiary/aromatic N) is 1. The summed E-state index contributed by atoms with van der Waals surface area (Å²) < 4.78 is 6.42. The van der Waals surface area contributed by atoms with Crippen LogP contribution in [0.15, 0.2) is 41.6 Å². The lowest BCUT2D eigenvalue weighted by molar-refractivity contribution is -0.131. The van der Waals surface area contributed by atoms with Crippen molar-refractivity contribution in [3.05, 3.63) is 47.2 Å². The number of nitrogens with two attached hydrogens (primary N) is 1. The molecule has 5 heteroatoms. The van der Waals surface area contributed by atoms with E-state index in [9.17, 15) is 4.79 Å². The third-order valence-electron chi connectivity index (χ3n) is 6.65. The van der Waals surface area contributed by atoms with Crippen molar-refractivity contribution in [2.75, 3.05) is 6.61 Å². The van der Waals surface area contributed by atoms with Gasteiger partial charge in [-0.25, -0.2) is 0 Å². The van der Waals surface area contributed by atoms with Gasteiger partial charge >= 0.3 is 0 Å². The third kappa shape index (κ3) is 4.14.